The maximum Gasteiger partial charge on any atom is 0.251 e. The predicted octanol–water partition coefficient (Wildman–Crippen LogP) is 4.55. The zero-order valence-corrected chi connectivity index (χ0v) is 18.8. The van der Waals surface area contributed by atoms with Crippen molar-refractivity contribution in [3.63, 3.8) is 0 Å². The van der Waals surface area contributed by atoms with Gasteiger partial charge in [-0.1, -0.05) is 32.1 Å². The van der Waals surface area contributed by atoms with Crippen molar-refractivity contribution in [3.8, 4) is 5.75 Å². The Bertz CT molecular complexity index is 1040. The van der Waals surface area contributed by atoms with Crippen LogP contribution in [0.25, 0.3) is 0 Å². The first-order valence-corrected chi connectivity index (χ1v) is 11.2. The van der Waals surface area contributed by atoms with E-state index in [0.717, 1.165) is 24.9 Å². The largest absolute Gasteiger partial charge is 0.508 e. The van der Waals surface area contributed by atoms with Crippen molar-refractivity contribution in [1.29, 1.82) is 0 Å². The van der Waals surface area contributed by atoms with Crippen LogP contribution in [0.3, 0.4) is 0 Å². The number of aliphatic hydroxyl groups is 1. The monoisotopic (exact) mass is 438 g/mol. The third-order valence-corrected chi connectivity index (χ3v) is 6.80. The molecule has 0 saturated carbocycles. The lowest BCUT2D eigenvalue weighted by Crippen LogP contribution is -2.56. The maximum absolute atomic E-state index is 13.8. The maximum atomic E-state index is 13.8. The van der Waals surface area contributed by atoms with E-state index in [0.29, 0.717) is 17.8 Å². The van der Waals surface area contributed by atoms with Crippen LogP contribution >= 0.6 is 0 Å². The van der Waals surface area contributed by atoms with Crippen LogP contribution in [0.2, 0.25) is 0 Å². The summed E-state index contributed by atoms with van der Waals surface area (Å²) in [5, 5.41) is 20.6. The number of nitrogens with zero attached hydrogens (tertiary/aromatic N) is 2. The molecular formula is C26H31FN2O3. The molecule has 2 aliphatic heterocycles. The third kappa shape index (κ3) is 4.17. The van der Waals surface area contributed by atoms with Gasteiger partial charge in [0.1, 0.15) is 11.6 Å². The van der Waals surface area contributed by atoms with Crippen molar-refractivity contribution in [1.82, 2.24) is 4.90 Å². The molecule has 0 aliphatic carbocycles. The second-order valence-electron chi connectivity index (χ2n) is 9.45. The van der Waals surface area contributed by atoms with E-state index in [4.69, 9.17) is 0 Å². The Morgan fingerprint density at radius 2 is 2.00 bits per heavy atom. The number of halogens is 1. The number of piperidine rings is 1. The third-order valence-electron chi connectivity index (χ3n) is 6.80. The van der Waals surface area contributed by atoms with Crippen LogP contribution in [0.15, 0.2) is 54.6 Å². The van der Waals surface area contributed by atoms with Crippen LogP contribution in [-0.2, 0) is 11.3 Å². The van der Waals surface area contributed by atoms with Gasteiger partial charge in [-0.2, -0.15) is 0 Å². The lowest BCUT2D eigenvalue weighted by atomic mass is 9.82. The van der Waals surface area contributed by atoms with Crippen molar-refractivity contribution in [2.75, 3.05) is 11.4 Å². The molecule has 2 heterocycles. The number of hydrogen-bond donors (Lipinski definition) is 2. The van der Waals surface area contributed by atoms with Crippen LogP contribution in [0, 0.1) is 11.7 Å². The Morgan fingerprint density at radius 3 is 2.69 bits per heavy atom. The molecule has 2 aromatic carbocycles. The van der Waals surface area contributed by atoms with Crippen LogP contribution in [0.5, 0.6) is 5.75 Å². The lowest BCUT2D eigenvalue weighted by molar-refractivity contribution is -0.114. The Hall–Kier alpha value is -2.70. The minimum atomic E-state index is -0.716. The average molecular weight is 439 g/mol. The summed E-state index contributed by atoms with van der Waals surface area (Å²) < 4.78 is 13.8. The van der Waals surface area contributed by atoms with Gasteiger partial charge in [-0.3, -0.25) is 14.6 Å². The summed E-state index contributed by atoms with van der Waals surface area (Å²) >= 11 is 0. The minimum Gasteiger partial charge on any atom is -0.508 e. The van der Waals surface area contributed by atoms with E-state index in [-0.39, 0.29) is 29.4 Å². The number of benzene rings is 2. The normalized spacial score (nSPS) is 24.6. The molecule has 2 aliphatic rings. The molecule has 0 aromatic heterocycles. The van der Waals surface area contributed by atoms with Crippen LogP contribution in [-0.4, -0.2) is 39.1 Å². The summed E-state index contributed by atoms with van der Waals surface area (Å²) in [5.74, 6) is -0.344. The molecule has 3 atom stereocenters. The molecule has 1 spiro atoms. The number of rotatable bonds is 5. The summed E-state index contributed by atoms with van der Waals surface area (Å²) in [5.41, 5.74) is 1.72. The number of phenolic OH excluding ortho intramolecular Hbond substituents is 1. The highest BCUT2D eigenvalue weighted by atomic mass is 19.1. The number of carbonyl (C=O) groups is 1. The molecule has 2 N–H and O–H groups in total. The number of anilines is 1. The van der Waals surface area contributed by atoms with Gasteiger partial charge in [0.05, 0.1) is 11.6 Å². The van der Waals surface area contributed by atoms with E-state index in [1.807, 2.05) is 32.1 Å². The zero-order chi connectivity index (χ0) is 23.0. The molecule has 170 valence electrons. The first kappa shape index (κ1) is 22.5. The van der Waals surface area contributed by atoms with Gasteiger partial charge in [0, 0.05) is 36.5 Å². The van der Waals surface area contributed by atoms with E-state index in [2.05, 4.69) is 11.8 Å². The van der Waals surface area contributed by atoms with Crippen LogP contribution in [0.4, 0.5) is 10.1 Å². The molecular weight excluding hydrogens is 407 g/mol. The average Bonchev–Trinajstić information content (AvgIpc) is 3.06. The van der Waals surface area contributed by atoms with E-state index < -0.39 is 11.6 Å². The molecule has 6 heteroatoms. The number of aliphatic hydroxyl groups excluding tert-OH is 1. The molecule has 1 amide bonds. The number of hydrogen-bond acceptors (Lipinski definition) is 4. The highest BCUT2D eigenvalue weighted by Crippen LogP contribution is 2.41. The summed E-state index contributed by atoms with van der Waals surface area (Å²) in [4.78, 5) is 16.8. The zero-order valence-electron chi connectivity index (χ0n) is 18.8. The summed E-state index contributed by atoms with van der Waals surface area (Å²) in [7, 11) is 0. The number of amides is 1. The molecule has 2 aromatic rings. The number of likely N-dealkylation sites (tertiary alicyclic amines) is 1. The van der Waals surface area contributed by atoms with Gasteiger partial charge in [0.25, 0.3) is 5.91 Å². The van der Waals surface area contributed by atoms with Crippen molar-refractivity contribution in [2.45, 2.75) is 57.8 Å². The standard InChI is InChI=1S/C26H31FN2O3/c1-17(2)25(32)22-13-19(7-8-23(22)30)16-28-12-11-26(15-18(28)3)10-9-24(31)29(26)21-6-4-5-20(27)14-21/h4-10,13-14,17-18,25,30,32H,11-12,15-16H2,1-3H3/t18-,25?,26+/m0/s1. The van der Waals surface area contributed by atoms with Crippen LogP contribution in [0.1, 0.15) is 50.8 Å². The fourth-order valence-electron chi connectivity index (χ4n) is 5.02. The first-order chi connectivity index (χ1) is 15.2. The summed E-state index contributed by atoms with van der Waals surface area (Å²) in [6.07, 6.45) is 4.35. The van der Waals surface area contributed by atoms with Crippen LogP contribution < -0.4 is 4.90 Å². The number of aromatic hydroxyl groups is 1. The smallest absolute Gasteiger partial charge is 0.251 e. The molecule has 1 saturated heterocycles. The lowest BCUT2D eigenvalue weighted by Gasteiger charge is -2.47. The minimum absolute atomic E-state index is 0.00501. The quantitative estimate of drug-likeness (QED) is 0.719. The van der Waals surface area contributed by atoms with Crippen molar-refractivity contribution >= 4 is 11.6 Å². The van der Waals surface area contributed by atoms with E-state index in [1.165, 1.54) is 12.1 Å². The second kappa shape index (κ2) is 8.68. The molecule has 0 radical (unpaired) electrons. The van der Waals surface area contributed by atoms with E-state index in [1.54, 1.807) is 29.2 Å². The highest BCUT2D eigenvalue weighted by molar-refractivity contribution is 6.06. The van der Waals surface area contributed by atoms with E-state index >= 15 is 0 Å². The van der Waals surface area contributed by atoms with Gasteiger partial charge in [0.2, 0.25) is 0 Å². The molecule has 4 rings (SSSR count). The van der Waals surface area contributed by atoms with Gasteiger partial charge in [-0.05, 0) is 61.6 Å². The Kier molecular flexibility index (Phi) is 6.10. The SMILES string of the molecule is CC(C)C(O)c1cc(CN2CC[C@]3(C=CC(=O)N3c3cccc(F)c3)C[C@@H]2C)ccc1O. The Balaban J connectivity index is 1.52. The van der Waals surface area contributed by atoms with E-state index in [9.17, 15) is 19.4 Å². The molecule has 0 bridgehead atoms. The summed E-state index contributed by atoms with van der Waals surface area (Å²) in [6.45, 7) is 7.44. The molecule has 5 nitrogen and oxygen atoms in total. The second-order valence-corrected chi connectivity index (χ2v) is 9.45. The van der Waals surface area contributed by atoms with Crippen molar-refractivity contribution < 1.29 is 19.4 Å². The molecule has 1 fully saturated rings. The topological polar surface area (TPSA) is 64.0 Å². The fraction of sp³-hybridized carbons (Fsp3) is 0.423. The summed E-state index contributed by atoms with van der Waals surface area (Å²) in [6, 6.07) is 11.8. The van der Waals surface area contributed by atoms with Gasteiger partial charge in [-0.15, -0.1) is 0 Å². The number of phenols is 1. The highest BCUT2D eigenvalue weighted by Gasteiger charge is 2.46. The molecule has 1 unspecified atom stereocenters. The van der Waals surface area contributed by atoms with Crippen molar-refractivity contribution in [3.05, 3.63) is 71.6 Å². The number of carbonyl (C=O) groups excluding carboxylic acids is 1. The predicted molar refractivity (Wildman–Crippen MR) is 123 cm³/mol. The fourth-order valence-corrected chi connectivity index (χ4v) is 5.02. The van der Waals surface area contributed by atoms with Gasteiger partial charge >= 0.3 is 0 Å². The molecule has 32 heavy (non-hydrogen) atoms. The van der Waals surface area contributed by atoms with Crippen molar-refractivity contribution in [2.24, 2.45) is 5.92 Å². The van der Waals surface area contributed by atoms with Gasteiger partial charge < -0.3 is 10.2 Å². The Morgan fingerprint density at radius 1 is 1.22 bits per heavy atom. The Labute approximate surface area is 188 Å². The van der Waals surface area contributed by atoms with Gasteiger partial charge in [-0.25, -0.2) is 4.39 Å². The van der Waals surface area contributed by atoms with Gasteiger partial charge in [0.15, 0.2) is 0 Å². The first-order valence-electron chi connectivity index (χ1n) is 11.2.